The minimum Gasteiger partial charge on any atom is -0.295 e. The fourth-order valence-electron chi connectivity index (χ4n) is 1.97. The first-order valence-electron chi connectivity index (χ1n) is 3.95. The molecule has 54 valence electrons. The molecule has 0 spiro atoms. The Kier molecular flexibility index (Phi) is 1.19. The van der Waals surface area contributed by atoms with Crippen molar-refractivity contribution in [3.8, 4) is 0 Å². The first kappa shape index (κ1) is 6.14. The Morgan fingerprint density at radius 2 is 2.10 bits per heavy atom. The molecule has 0 N–H and O–H groups in total. The van der Waals surface area contributed by atoms with Crippen LogP contribution in [0.4, 0.5) is 0 Å². The monoisotopic (exact) mass is 136 g/mol. The second-order valence-electron chi connectivity index (χ2n) is 3.58. The topological polar surface area (TPSA) is 17.1 Å². The molecular weight excluding hydrogens is 124 g/mol. The maximum atomic E-state index is 10.6. The zero-order valence-electron chi connectivity index (χ0n) is 6.26. The molecule has 0 aliphatic heterocycles. The van der Waals surface area contributed by atoms with E-state index in [0.717, 1.165) is 11.8 Å². The summed E-state index contributed by atoms with van der Waals surface area (Å²) in [5.74, 6) is 2.15. The van der Waals surface area contributed by atoms with E-state index in [9.17, 15) is 4.79 Å². The summed E-state index contributed by atoms with van der Waals surface area (Å²) in [5.41, 5.74) is 1.40. The van der Waals surface area contributed by atoms with Gasteiger partial charge in [0.25, 0.3) is 0 Å². The molecule has 2 fully saturated rings. The van der Waals surface area contributed by atoms with E-state index in [4.69, 9.17) is 0 Å². The molecule has 0 amide bonds. The van der Waals surface area contributed by atoms with Gasteiger partial charge in [-0.3, -0.25) is 4.79 Å². The van der Waals surface area contributed by atoms with Gasteiger partial charge in [0.2, 0.25) is 0 Å². The van der Waals surface area contributed by atoms with Crippen molar-refractivity contribution in [2.45, 2.75) is 26.2 Å². The molecule has 0 saturated heterocycles. The number of fused-ring (bicyclic) bond motifs is 1. The highest BCUT2D eigenvalue weighted by Crippen LogP contribution is 2.53. The van der Waals surface area contributed by atoms with Gasteiger partial charge in [-0.2, -0.15) is 0 Å². The molecule has 2 atom stereocenters. The second kappa shape index (κ2) is 1.94. The fraction of sp³-hybridized carbons (Fsp3) is 0.667. The van der Waals surface area contributed by atoms with Gasteiger partial charge in [0.1, 0.15) is 0 Å². The van der Waals surface area contributed by atoms with Crippen molar-refractivity contribution in [1.29, 1.82) is 0 Å². The Balaban J connectivity index is 2.02. The Labute approximate surface area is 61.1 Å². The zero-order valence-corrected chi connectivity index (χ0v) is 6.26. The van der Waals surface area contributed by atoms with Crippen molar-refractivity contribution >= 4 is 5.78 Å². The normalized spacial score (nSPS) is 35.5. The summed E-state index contributed by atoms with van der Waals surface area (Å²) in [5, 5.41) is 0. The van der Waals surface area contributed by atoms with Crippen LogP contribution in [0.5, 0.6) is 0 Å². The molecule has 1 heteroatoms. The van der Waals surface area contributed by atoms with Crippen LogP contribution in [0, 0.1) is 11.8 Å². The Bertz CT molecular complexity index is 191. The average molecular weight is 136 g/mol. The predicted molar refractivity (Wildman–Crippen MR) is 39.6 cm³/mol. The highest BCUT2D eigenvalue weighted by molar-refractivity contribution is 5.88. The molecule has 2 aliphatic rings. The van der Waals surface area contributed by atoms with Gasteiger partial charge in [0.05, 0.1) is 0 Å². The van der Waals surface area contributed by atoms with Crippen molar-refractivity contribution in [3.05, 3.63) is 11.6 Å². The van der Waals surface area contributed by atoms with E-state index in [1.165, 1.54) is 24.8 Å². The predicted octanol–water partition coefficient (Wildman–Crippen LogP) is 1.93. The third kappa shape index (κ3) is 1.00. The molecule has 0 aromatic heterocycles. The van der Waals surface area contributed by atoms with E-state index in [1.807, 2.05) is 6.08 Å². The minimum absolute atomic E-state index is 0.219. The molecule has 2 aliphatic carbocycles. The number of carbonyl (C=O) groups excluding carboxylic acids is 1. The van der Waals surface area contributed by atoms with Crippen LogP contribution in [0.25, 0.3) is 0 Å². The highest BCUT2D eigenvalue weighted by atomic mass is 16.1. The summed E-state index contributed by atoms with van der Waals surface area (Å²) in [7, 11) is 0. The molecule has 0 radical (unpaired) electrons. The van der Waals surface area contributed by atoms with Crippen LogP contribution in [0.15, 0.2) is 11.6 Å². The fourth-order valence-corrected chi connectivity index (χ4v) is 1.97. The third-order valence-corrected chi connectivity index (χ3v) is 2.53. The van der Waals surface area contributed by atoms with Crippen LogP contribution in [0.2, 0.25) is 0 Å². The number of ketones is 1. The van der Waals surface area contributed by atoms with E-state index in [0.29, 0.717) is 0 Å². The largest absolute Gasteiger partial charge is 0.295 e. The van der Waals surface area contributed by atoms with Gasteiger partial charge in [0, 0.05) is 0 Å². The van der Waals surface area contributed by atoms with Crippen molar-refractivity contribution < 1.29 is 4.79 Å². The summed E-state index contributed by atoms with van der Waals surface area (Å²) < 4.78 is 0. The lowest BCUT2D eigenvalue weighted by Gasteiger charge is -1.95. The number of carbonyl (C=O) groups is 1. The second-order valence-corrected chi connectivity index (χ2v) is 3.58. The Hall–Kier alpha value is -0.590. The zero-order chi connectivity index (χ0) is 7.14. The van der Waals surface area contributed by atoms with E-state index in [1.54, 1.807) is 6.92 Å². The first-order chi connectivity index (χ1) is 4.75. The van der Waals surface area contributed by atoms with Gasteiger partial charge in [-0.05, 0) is 44.1 Å². The van der Waals surface area contributed by atoms with E-state index < -0.39 is 0 Å². The van der Waals surface area contributed by atoms with Crippen LogP contribution in [0.3, 0.4) is 0 Å². The molecule has 0 heterocycles. The first-order valence-corrected chi connectivity index (χ1v) is 3.95. The van der Waals surface area contributed by atoms with Gasteiger partial charge >= 0.3 is 0 Å². The number of hydrogen-bond donors (Lipinski definition) is 0. The lowest BCUT2D eigenvalue weighted by atomic mass is 10.1. The summed E-state index contributed by atoms with van der Waals surface area (Å²) in [4.78, 5) is 10.6. The summed E-state index contributed by atoms with van der Waals surface area (Å²) in [6.45, 7) is 1.64. The minimum atomic E-state index is 0.219. The molecule has 0 aromatic rings. The number of hydrogen-bond acceptors (Lipinski definition) is 1. The lowest BCUT2D eigenvalue weighted by Crippen LogP contribution is -1.86. The molecule has 0 bridgehead atoms. The molecule has 10 heavy (non-hydrogen) atoms. The average Bonchev–Trinajstić information content (AvgIpc) is 2.39. The van der Waals surface area contributed by atoms with Gasteiger partial charge in [-0.25, -0.2) is 0 Å². The molecule has 1 nitrogen and oxygen atoms in total. The summed E-state index contributed by atoms with van der Waals surface area (Å²) >= 11 is 0. The Morgan fingerprint density at radius 1 is 1.50 bits per heavy atom. The maximum Gasteiger partial charge on any atom is 0.152 e. The van der Waals surface area contributed by atoms with Crippen LogP contribution >= 0.6 is 0 Å². The molecule has 2 rings (SSSR count). The van der Waals surface area contributed by atoms with Crippen molar-refractivity contribution in [2.75, 3.05) is 0 Å². The van der Waals surface area contributed by atoms with E-state index >= 15 is 0 Å². The number of allylic oxidation sites excluding steroid dienone is 2. The van der Waals surface area contributed by atoms with Gasteiger partial charge in [-0.1, -0.05) is 5.57 Å². The number of rotatable bonds is 1. The molecule has 2 saturated carbocycles. The van der Waals surface area contributed by atoms with Gasteiger partial charge in [-0.15, -0.1) is 0 Å². The standard InChI is InChI=1S/C9H12O/c1-6(10)2-7-3-8-5-9(8)4-7/h2,8-9H,3-5H2,1H3. The van der Waals surface area contributed by atoms with Crippen molar-refractivity contribution in [2.24, 2.45) is 11.8 Å². The van der Waals surface area contributed by atoms with Crippen LogP contribution in [-0.4, -0.2) is 5.78 Å². The third-order valence-electron chi connectivity index (χ3n) is 2.53. The van der Waals surface area contributed by atoms with Crippen molar-refractivity contribution in [3.63, 3.8) is 0 Å². The molecule has 0 aromatic carbocycles. The quantitative estimate of drug-likeness (QED) is 0.503. The summed E-state index contributed by atoms with van der Waals surface area (Å²) in [6, 6.07) is 0. The Morgan fingerprint density at radius 3 is 2.60 bits per heavy atom. The lowest BCUT2D eigenvalue weighted by molar-refractivity contribution is -0.112. The molecular formula is C9H12O. The van der Waals surface area contributed by atoms with Crippen LogP contribution in [-0.2, 0) is 4.79 Å². The van der Waals surface area contributed by atoms with E-state index in [2.05, 4.69) is 0 Å². The SMILES string of the molecule is CC(=O)C=C1CC2CC2C1. The van der Waals surface area contributed by atoms with Gasteiger partial charge < -0.3 is 0 Å². The van der Waals surface area contributed by atoms with Crippen molar-refractivity contribution in [1.82, 2.24) is 0 Å². The van der Waals surface area contributed by atoms with E-state index in [-0.39, 0.29) is 5.78 Å². The molecule has 2 unspecified atom stereocenters. The maximum absolute atomic E-state index is 10.6. The van der Waals surface area contributed by atoms with Gasteiger partial charge in [0.15, 0.2) is 5.78 Å². The van der Waals surface area contributed by atoms with Crippen LogP contribution in [0.1, 0.15) is 26.2 Å². The smallest absolute Gasteiger partial charge is 0.152 e. The summed E-state index contributed by atoms with van der Waals surface area (Å²) in [6.07, 6.45) is 5.68. The highest BCUT2D eigenvalue weighted by Gasteiger charge is 2.43. The van der Waals surface area contributed by atoms with Crippen LogP contribution < -0.4 is 0 Å².